The SMILES string of the molecule is CC(C)(C)OC(=O)NC(=Nc1ccc(C(=O)c2ccc(NC(=O)CN3C(=O)[C@@H]4C5CCC(CC5)N4C(=O)[C@@H]3CC(=O)O)cc2)cc1)NC(=O)OC(C)(C)C. The van der Waals surface area contributed by atoms with Gasteiger partial charge < -0.3 is 29.7 Å². The Labute approximate surface area is 312 Å². The second-order valence-corrected chi connectivity index (χ2v) is 15.6. The molecular weight excluding hydrogens is 700 g/mol. The number of alkyl carbamates (subject to hydrolysis) is 2. The zero-order valence-electron chi connectivity index (χ0n) is 31.1. The number of aliphatic imine (C=N–C) groups is 1. The number of fused-ring (bicyclic) bond motifs is 2. The van der Waals surface area contributed by atoms with Crippen molar-refractivity contribution in [2.24, 2.45) is 10.9 Å². The molecule has 3 heterocycles. The monoisotopic (exact) mass is 746 g/mol. The lowest BCUT2D eigenvalue weighted by Crippen LogP contribution is -2.72. The van der Waals surface area contributed by atoms with Gasteiger partial charge in [0.05, 0.1) is 12.1 Å². The lowest BCUT2D eigenvalue weighted by molar-refractivity contribution is -0.177. The van der Waals surface area contributed by atoms with Crippen molar-refractivity contribution < 1.29 is 48.1 Å². The van der Waals surface area contributed by atoms with Crippen LogP contribution in [0.5, 0.6) is 0 Å². The number of ketones is 1. The number of rotatable bonds is 8. The van der Waals surface area contributed by atoms with Crippen LogP contribution >= 0.6 is 0 Å². The van der Waals surface area contributed by atoms with Gasteiger partial charge in [0.15, 0.2) is 5.78 Å². The Hall–Kier alpha value is -5.80. The molecule has 0 spiro atoms. The van der Waals surface area contributed by atoms with Crippen molar-refractivity contribution in [3.05, 3.63) is 59.7 Å². The van der Waals surface area contributed by atoms with Gasteiger partial charge in [-0.15, -0.1) is 0 Å². The topological polar surface area (TPSA) is 213 Å². The highest BCUT2D eigenvalue weighted by Gasteiger charge is 2.55. The predicted molar refractivity (Wildman–Crippen MR) is 195 cm³/mol. The first kappa shape index (κ1) is 39.4. The number of carbonyl (C=O) groups excluding carboxylic acids is 6. The number of ether oxygens (including phenoxy) is 2. The van der Waals surface area contributed by atoms with Crippen molar-refractivity contribution in [3.8, 4) is 0 Å². The summed E-state index contributed by atoms with van der Waals surface area (Å²) in [5.74, 6) is -3.31. The van der Waals surface area contributed by atoms with Crippen LogP contribution in [-0.2, 0) is 28.7 Å². The van der Waals surface area contributed by atoms with Gasteiger partial charge >= 0.3 is 18.2 Å². The number of amides is 5. The molecule has 54 heavy (non-hydrogen) atoms. The Kier molecular flexibility index (Phi) is 11.4. The van der Waals surface area contributed by atoms with Gasteiger partial charge in [0.25, 0.3) is 0 Å². The first-order valence-corrected chi connectivity index (χ1v) is 17.8. The summed E-state index contributed by atoms with van der Waals surface area (Å²) < 4.78 is 10.5. The van der Waals surface area contributed by atoms with Crippen LogP contribution in [0.2, 0.25) is 0 Å². The molecule has 2 aromatic carbocycles. The number of carboxylic acid groups (broad SMARTS) is 1. The molecule has 0 radical (unpaired) electrons. The molecule has 1 saturated carbocycles. The Bertz CT molecular complexity index is 1810. The van der Waals surface area contributed by atoms with E-state index in [1.807, 2.05) is 0 Å². The number of anilines is 1. The highest BCUT2D eigenvalue weighted by molar-refractivity contribution is 6.09. The summed E-state index contributed by atoms with van der Waals surface area (Å²) >= 11 is 0. The van der Waals surface area contributed by atoms with E-state index in [0.29, 0.717) is 16.8 Å². The van der Waals surface area contributed by atoms with Gasteiger partial charge in [-0.2, -0.15) is 0 Å². The number of guanidine groups is 1. The maximum absolute atomic E-state index is 13.6. The van der Waals surface area contributed by atoms with Crippen molar-refractivity contribution in [2.45, 2.75) is 103 Å². The average molecular weight is 747 g/mol. The van der Waals surface area contributed by atoms with E-state index >= 15 is 0 Å². The summed E-state index contributed by atoms with van der Waals surface area (Å²) in [4.78, 5) is 97.0. The van der Waals surface area contributed by atoms with Gasteiger partial charge in [-0.3, -0.25) is 34.6 Å². The normalized spacial score (nSPS) is 20.7. The van der Waals surface area contributed by atoms with Crippen LogP contribution in [0.15, 0.2) is 53.5 Å². The van der Waals surface area contributed by atoms with Crippen LogP contribution < -0.4 is 16.0 Å². The number of benzene rings is 2. The zero-order chi connectivity index (χ0) is 39.5. The van der Waals surface area contributed by atoms with Crippen molar-refractivity contribution >= 4 is 59.0 Å². The molecule has 288 valence electrons. The summed E-state index contributed by atoms with van der Waals surface area (Å²) in [5.41, 5.74) is -0.412. The Morgan fingerprint density at radius 1 is 0.778 bits per heavy atom. The number of aliphatic carboxylic acids is 1. The quantitative estimate of drug-likeness (QED) is 0.170. The molecule has 1 aliphatic carbocycles. The van der Waals surface area contributed by atoms with Gasteiger partial charge in [-0.05, 0) is 122 Å². The largest absolute Gasteiger partial charge is 0.481 e. The number of hydrogen-bond acceptors (Lipinski definition) is 10. The Balaban J connectivity index is 1.23. The van der Waals surface area contributed by atoms with E-state index in [9.17, 15) is 38.7 Å². The molecule has 2 atom stereocenters. The third kappa shape index (κ3) is 9.79. The van der Waals surface area contributed by atoms with Crippen LogP contribution in [0.1, 0.15) is 89.6 Å². The first-order valence-electron chi connectivity index (χ1n) is 17.8. The number of carboxylic acids is 1. The molecule has 3 saturated heterocycles. The molecule has 0 unspecified atom stereocenters. The van der Waals surface area contributed by atoms with Crippen molar-refractivity contribution in [3.63, 3.8) is 0 Å². The minimum atomic E-state index is -1.28. The lowest BCUT2D eigenvalue weighted by atomic mass is 9.72. The third-order valence-corrected chi connectivity index (χ3v) is 9.05. The van der Waals surface area contributed by atoms with Crippen molar-refractivity contribution in [2.75, 3.05) is 11.9 Å². The van der Waals surface area contributed by atoms with Gasteiger partial charge in [-0.25, -0.2) is 14.6 Å². The molecule has 16 nitrogen and oxygen atoms in total. The molecule has 3 aliphatic heterocycles. The molecule has 4 N–H and O–H groups in total. The minimum Gasteiger partial charge on any atom is -0.481 e. The number of nitrogens with one attached hydrogen (secondary N) is 3. The molecule has 2 bridgehead atoms. The highest BCUT2D eigenvalue weighted by atomic mass is 16.6. The molecule has 0 aromatic heterocycles. The summed E-state index contributed by atoms with van der Waals surface area (Å²) in [6.07, 6.45) is 0.856. The third-order valence-electron chi connectivity index (χ3n) is 9.05. The van der Waals surface area contributed by atoms with Gasteiger partial charge in [0, 0.05) is 22.9 Å². The first-order chi connectivity index (χ1) is 25.3. The summed E-state index contributed by atoms with van der Waals surface area (Å²) in [6.45, 7) is 9.58. The number of piperazine rings is 1. The van der Waals surface area contributed by atoms with Crippen LogP contribution in [0.25, 0.3) is 0 Å². The fraction of sp³-hybridized carbons (Fsp3) is 0.474. The second-order valence-electron chi connectivity index (χ2n) is 15.6. The molecule has 4 fully saturated rings. The Morgan fingerprint density at radius 2 is 1.30 bits per heavy atom. The van der Waals surface area contributed by atoms with Crippen molar-refractivity contribution in [1.29, 1.82) is 0 Å². The van der Waals surface area contributed by atoms with E-state index in [0.717, 1.165) is 30.6 Å². The van der Waals surface area contributed by atoms with Crippen LogP contribution in [0, 0.1) is 5.92 Å². The summed E-state index contributed by atoms with van der Waals surface area (Å²) in [7, 11) is 0. The number of nitrogens with zero attached hydrogens (tertiary/aromatic N) is 3. The fourth-order valence-corrected chi connectivity index (χ4v) is 6.90. The predicted octanol–water partition coefficient (Wildman–Crippen LogP) is 4.35. The van der Waals surface area contributed by atoms with Crippen molar-refractivity contribution in [1.82, 2.24) is 20.4 Å². The highest BCUT2D eigenvalue weighted by Crippen LogP contribution is 2.43. The molecule has 6 rings (SSSR count). The smallest absolute Gasteiger partial charge is 0.414 e. The Morgan fingerprint density at radius 3 is 1.80 bits per heavy atom. The fourth-order valence-electron chi connectivity index (χ4n) is 6.90. The van der Waals surface area contributed by atoms with E-state index in [1.165, 1.54) is 48.5 Å². The van der Waals surface area contributed by atoms with Crippen LogP contribution in [0.3, 0.4) is 0 Å². The lowest BCUT2D eigenvalue weighted by Gasteiger charge is -2.56. The summed E-state index contributed by atoms with van der Waals surface area (Å²) in [5, 5.41) is 17.0. The number of carbonyl (C=O) groups is 7. The van der Waals surface area contributed by atoms with E-state index in [2.05, 4.69) is 20.9 Å². The number of hydrogen-bond donors (Lipinski definition) is 4. The van der Waals surface area contributed by atoms with E-state index < -0.39 is 72.1 Å². The molecule has 5 amide bonds. The average Bonchev–Trinajstić information content (AvgIpc) is 3.07. The van der Waals surface area contributed by atoms with Gasteiger partial charge in [-0.1, -0.05) is 0 Å². The molecule has 16 heteroatoms. The maximum atomic E-state index is 13.6. The van der Waals surface area contributed by atoms with E-state index in [-0.39, 0.29) is 29.4 Å². The van der Waals surface area contributed by atoms with Gasteiger partial charge in [0.1, 0.15) is 29.8 Å². The molecule has 4 aliphatic rings. The van der Waals surface area contributed by atoms with E-state index in [4.69, 9.17) is 9.47 Å². The zero-order valence-corrected chi connectivity index (χ0v) is 31.1. The molecular formula is C38H46N6O10. The second kappa shape index (κ2) is 15.7. The van der Waals surface area contributed by atoms with Crippen LogP contribution in [-0.4, -0.2) is 98.4 Å². The number of piperidine rings is 2. The minimum absolute atomic E-state index is 0.0170. The molecule has 2 aromatic rings. The maximum Gasteiger partial charge on any atom is 0.414 e. The standard InChI is InChI=1S/C38H46N6O10/c1-37(2,3)53-35(51)41-34(42-36(52)54-38(4,5)6)40-25-15-9-23(10-16-25)31(48)22-7-13-24(14-8-22)39-28(45)20-43-27(19-29(46)47)32(49)44-26-17-11-21(12-18-26)30(44)33(43)50/h7-10,13-16,21,26-27,30H,11-12,17-20H2,1-6H3,(H,39,45)(H,46,47)(H2,40,41,42,51,52)/t21?,26?,27-,30-/m0/s1. The van der Waals surface area contributed by atoms with Gasteiger partial charge in [0.2, 0.25) is 23.7 Å². The van der Waals surface area contributed by atoms with E-state index in [1.54, 1.807) is 46.4 Å². The summed E-state index contributed by atoms with van der Waals surface area (Å²) in [6, 6.07) is 10.0. The van der Waals surface area contributed by atoms with Crippen LogP contribution in [0.4, 0.5) is 21.0 Å².